The fourth-order valence-corrected chi connectivity index (χ4v) is 3.68. The van der Waals surface area contributed by atoms with E-state index in [9.17, 15) is 4.79 Å². The van der Waals surface area contributed by atoms with E-state index in [-0.39, 0.29) is 5.91 Å². The highest BCUT2D eigenvalue weighted by Crippen LogP contribution is 2.14. The average Bonchev–Trinajstić information content (AvgIpc) is 2.57. The molecule has 2 aliphatic heterocycles. The van der Waals surface area contributed by atoms with Gasteiger partial charge in [0.15, 0.2) is 0 Å². The van der Waals surface area contributed by atoms with Gasteiger partial charge in [0, 0.05) is 69.1 Å². The van der Waals surface area contributed by atoms with Gasteiger partial charge < -0.3 is 15.1 Å². The first-order valence-corrected chi connectivity index (χ1v) is 8.58. The molecule has 3 heterocycles. The lowest BCUT2D eigenvalue weighted by atomic mass is 10.2. The topological polar surface area (TPSA) is 61.4 Å². The van der Waals surface area contributed by atoms with Crippen molar-refractivity contribution >= 4 is 23.5 Å². The summed E-state index contributed by atoms with van der Waals surface area (Å²) in [5.74, 6) is 3.37. The third-order valence-electron chi connectivity index (χ3n) is 3.93. The summed E-state index contributed by atoms with van der Waals surface area (Å²) in [7, 11) is 0. The summed E-state index contributed by atoms with van der Waals surface area (Å²) in [4.78, 5) is 24.9. The van der Waals surface area contributed by atoms with Crippen molar-refractivity contribution in [2.75, 3.05) is 49.1 Å². The van der Waals surface area contributed by atoms with Crippen LogP contribution in [0.4, 0.5) is 5.82 Å². The standard InChI is InChI=1S/C14H21N5OS/c20-14(9-12-11-21-8-3-16-12)19-6-4-18(5-7-19)13-10-15-1-2-17-13/h1-2,10,12,16H,3-9,11H2. The number of piperazine rings is 1. The van der Waals surface area contributed by atoms with Crippen LogP contribution in [-0.2, 0) is 4.79 Å². The van der Waals surface area contributed by atoms with Gasteiger partial charge in [0.1, 0.15) is 5.82 Å². The molecule has 3 rings (SSSR count). The minimum Gasteiger partial charge on any atom is -0.352 e. The first kappa shape index (κ1) is 14.6. The lowest BCUT2D eigenvalue weighted by Gasteiger charge is -2.36. The van der Waals surface area contributed by atoms with Gasteiger partial charge >= 0.3 is 0 Å². The van der Waals surface area contributed by atoms with Crippen LogP contribution in [0.15, 0.2) is 18.6 Å². The molecule has 0 spiro atoms. The van der Waals surface area contributed by atoms with E-state index in [0.717, 1.165) is 50.0 Å². The minimum absolute atomic E-state index is 0.272. The van der Waals surface area contributed by atoms with Gasteiger partial charge in [0.25, 0.3) is 0 Å². The molecule has 6 nitrogen and oxygen atoms in total. The van der Waals surface area contributed by atoms with E-state index in [4.69, 9.17) is 0 Å². The molecule has 2 saturated heterocycles. The van der Waals surface area contributed by atoms with E-state index >= 15 is 0 Å². The monoisotopic (exact) mass is 307 g/mol. The molecule has 0 bridgehead atoms. The predicted molar refractivity (Wildman–Crippen MR) is 84.6 cm³/mol. The second-order valence-corrected chi connectivity index (χ2v) is 6.51. The summed E-state index contributed by atoms with van der Waals surface area (Å²) >= 11 is 1.93. The molecule has 0 saturated carbocycles. The zero-order valence-corrected chi connectivity index (χ0v) is 12.9. The molecule has 7 heteroatoms. The molecule has 1 aromatic rings. The normalized spacial score (nSPS) is 23.1. The summed E-state index contributed by atoms with van der Waals surface area (Å²) in [5.41, 5.74) is 0. The first-order valence-electron chi connectivity index (χ1n) is 7.43. The van der Waals surface area contributed by atoms with Gasteiger partial charge in [-0.05, 0) is 0 Å². The number of carbonyl (C=O) groups is 1. The Morgan fingerprint density at radius 3 is 2.86 bits per heavy atom. The summed E-state index contributed by atoms with van der Waals surface area (Å²) < 4.78 is 0. The van der Waals surface area contributed by atoms with Crippen LogP contribution in [0.1, 0.15) is 6.42 Å². The maximum Gasteiger partial charge on any atom is 0.224 e. The van der Waals surface area contributed by atoms with E-state index in [1.807, 2.05) is 16.7 Å². The second-order valence-electron chi connectivity index (χ2n) is 5.36. The van der Waals surface area contributed by atoms with Gasteiger partial charge in [0.2, 0.25) is 5.91 Å². The molecule has 2 fully saturated rings. The summed E-state index contributed by atoms with van der Waals surface area (Å²) in [6, 6.07) is 0.342. The lowest BCUT2D eigenvalue weighted by Crippen LogP contribution is -2.51. The number of hydrogen-bond acceptors (Lipinski definition) is 6. The summed E-state index contributed by atoms with van der Waals surface area (Å²) in [5, 5.41) is 3.43. The van der Waals surface area contributed by atoms with Crippen LogP contribution in [0, 0.1) is 0 Å². The lowest BCUT2D eigenvalue weighted by molar-refractivity contribution is -0.131. The molecular weight excluding hydrogens is 286 g/mol. The van der Waals surface area contributed by atoms with Crippen molar-refractivity contribution in [3.05, 3.63) is 18.6 Å². The van der Waals surface area contributed by atoms with Crippen molar-refractivity contribution in [1.29, 1.82) is 0 Å². The SMILES string of the molecule is O=C(CC1CSCCN1)N1CCN(c2cnccn2)CC1. The number of aromatic nitrogens is 2. The van der Waals surface area contributed by atoms with Crippen molar-refractivity contribution in [2.24, 2.45) is 0 Å². The van der Waals surface area contributed by atoms with Gasteiger partial charge in [-0.3, -0.25) is 9.78 Å². The van der Waals surface area contributed by atoms with Crippen LogP contribution in [0.5, 0.6) is 0 Å². The Morgan fingerprint density at radius 1 is 1.33 bits per heavy atom. The highest BCUT2D eigenvalue weighted by molar-refractivity contribution is 7.99. The fourth-order valence-electron chi connectivity index (χ4n) is 2.73. The highest BCUT2D eigenvalue weighted by atomic mass is 32.2. The fraction of sp³-hybridized carbons (Fsp3) is 0.643. The van der Waals surface area contributed by atoms with Crippen LogP contribution in [0.25, 0.3) is 0 Å². The molecule has 1 atom stereocenters. The molecule has 1 unspecified atom stereocenters. The van der Waals surface area contributed by atoms with Crippen LogP contribution >= 0.6 is 11.8 Å². The molecule has 0 aromatic carbocycles. The zero-order valence-electron chi connectivity index (χ0n) is 12.1. The minimum atomic E-state index is 0.272. The molecule has 2 aliphatic rings. The maximum absolute atomic E-state index is 12.3. The van der Waals surface area contributed by atoms with Gasteiger partial charge in [-0.2, -0.15) is 11.8 Å². The number of thioether (sulfide) groups is 1. The average molecular weight is 307 g/mol. The van der Waals surface area contributed by atoms with Crippen molar-refractivity contribution in [3.8, 4) is 0 Å². The largest absolute Gasteiger partial charge is 0.352 e. The molecule has 0 radical (unpaired) electrons. The van der Waals surface area contributed by atoms with Crippen LogP contribution in [0.3, 0.4) is 0 Å². The Bertz CT molecular complexity index is 458. The zero-order chi connectivity index (χ0) is 14.5. The Kier molecular flexibility index (Phi) is 4.92. The van der Waals surface area contributed by atoms with Gasteiger partial charge in [-0.1, -0.05) is 0 Å². The number of nitrogens with one attached hydrogen (secondary N) is 1. The number of rotatable bonds is 3. The molecule has 114 valence electrons. The highest BCUT2D eigenvalue weighted by Gasteiger charge is 2.24. The quantitative estimate of drug-likeness (QED) is 0.862. The molecule has 1 amide bonds. The molecular formula is C14H21N5OS. The molecule has 21 heavy (non-hydrogen) atoms. The van der Waals surface area contributed by atoms with Crippen LogP contribution < -0.4 is 10.2 Å². The van der Waals surface area contributed by atoms with Crippen molar-refractivity contribution < 1.29 is 4.79 Å². The molecule has 1 N–H and O–H groups in total. The predicted octanol–water partition coefficient (Wildman–Crippen LogP) is 0.220. The third kappa shape index (κ3) is 3.85. The van der Waals surface area contributed by atoms with E-state index < -0.39 is 0 Å². The van der Waals surface area contributed by atoms with Gasteiger partial charge in [-0.15, -0.1) is 0 Å². The number of amides is 1. The summed E-state index contributed by atoms with van der Waals surface area (Å²) in [6.07, 6.45) is 5.79. The maximum atomic E-state index is 12.3. The first-order chi connectivity index (χ1) is 10.3. The van der Waals surface area contributed by atoms with Crippen LogP contribution in [-0.4, -0.2) is 71.0 Å². The Hall–Kier alpha value is -1.34. The number of nitrogens with zero attached hydrogens (tertiary/aromatic N) is 4. The van der Waals surface area contributed by atoms with Gasteiger partial charge in [0.05, 0.1) is 6.20 Å². The van der Waals surface area contributed by atoms with Crippen molar-refractivity contribution in [3.63, 3.8) is 0 Å². The smallest absolute Gasteiger partial charge is 0.224 e. The Morgan fingerprint density at radius 2 is 2.19 bits per heavy atom. The van der Waals surface area contributed by atoms with E-state index in [1.54, 1.807) is 18.6 Å². The molecule has 0 aliphatic carbocycles. The van der Waals surface area contributed by atoms with Crippen molar-refractivity contribution in [2.45, 2.75) is 12.5 Å². The van der Waals surface area contributed by atoms with Gasteiger partial charge in [-0.25, -0.2) is 4.98 Å². The van der Waals surface area contributed by atoms with Crippen LogP contribution in [0.2, 0.25) is 0 Å². The van der Waals surface area contributed by atoms with E-state index in [2.05, 4.69) is 20.2 Å². The summed E-state index contributed by atoms with van der Waals surface area (Å²) in [6.45, 7) is 4.22. The second kappa shape index (κ2) is 7.09. The van der Waals surface area contributed by atoms with E-state index in [1.165, 1.54) is 0 Å². The third-order valence-corrected chi connectivity index (χ3v) is 5.06. The number of carbonyl (C=O) groups excluding carboxylic acids is 1. The van der Waals surface area contributed by atoms with E-state index in [0.29, 0.717) is 12.5 Å². The molecule has 1 aromatic heterocycles. The number of hydrogen-bond donors (Lipinski definition) is 1. The Labute approximate surface area is 129 Å². The number of anilines is 1. The Balaban J connectivity index is 1.47. The van der Waals surface area contributed by atoms with Crippen molar-refractivity contribution in [1.82, 2.24) is 20.2 Å².